The van der Waals surface area contributed by atoms with Crippen molar-refractivity contribution in [2.24, 2.45) is 0 Å². The van der Waals surface area contributed by atoms with Crippen LogP contribution in [0.2, 0.25) is 0 Å². The molecule has 1 aromatic carbocycles. The van der Waals surface area contributed by atoms with Crippen LogP contribution in [-0.4, -0.2) is 14.7 Å². The number of aromatic amines is 1. The first-order valence-electron chi connectivity index (χ1n) is 6.06. The molecule has 0 fully saturated rings. The molecular formula is C15H14N2O3. The van der Waals surface area contributed by atoms with Gasteiger partial charge in [-0.25, -0.2) is 9.36 Å². The number of aromatic hydroxyl groups is 1. The molecule has 20 heavy (non-hydrogen) atoms. The molecule has 0 aliphatic rings. The smallest absolute Gasteiger partial charge is 0.332 e. The maximum atomic E-state index is 11.9. The standard InChI is InChI=1S/C15H14N2O3/c1-4-10(3)17-14(19)12(13(18)16-15(17)20)11-7-5-9(2)6-8-11/h1,5-8,10,19H,2-3H3,(H,16,18,20). The van der Waals surface area contributed by atoms with Gasteiger partial charge >= 0.3 is 5.69 Å². The largest absolute Gasteiger partial charge is 0.494 e. The number of benzene rings is 1. The fourth-order valence-electron chi connectivity index (χ4n) is 1.95. The van der Waals surface area contributed by atoms with Gasteiger partial charge in [-0.05, 0) is 19.4 Å². The quantitative estimate of drug-likeness (QED) is 0.810. The van der Waals surface area contributed by atoms with Crippen LogP contribution in [0.25, 0.3) is 11.1 Å². The van der Waals surface area contributed by atoms with Crippen molar-refractivity contribution in [2.45, 2.75) is 19.9 Å². The number of aromatic nitrogens is 2. The fourth-order valence-corrected chi connectivity index (χ4v) is 1.95. The first-order valence-corrected chi connectivity index (χ1v) is 6.06. The highest BCUT2D eigenvalue weighted by molar-refractivity contribution is 5.67. The van der Waals surface area contributed by atoms with Crippen LogP contribution >= 0.6 is 0 Å². The summed E-state index contributed by atoms with van der Waals surface area (Å²) in [5.41, 5.74) is 0.208. The van der Waals surface area contributed by atoms with Crippen LogP contribution in [0.3, 0.4) is 0 Å². The average Bonchev–Trinajstić information content (AvgIpc) is 2.40. The Bertz CT molecular complexity index is 792. The number of hydrogen-bond donors (Lipinski definition) is 2. The summed E-state index contributed by atoms with van der Waals surface area (Å²) < 4.78 is 0.983. The van der Waals surface area contributed by atoms with E-state index in [4.69, 9.17) is 6.42 Å². The van der Waals surface area contributed by atoms with Gasteiger partial charge in [0.1, 0.15) is 5.56 Å². The topological polar surface area (TPSA) is 75.1 Å². The molecule has 0 aliphatic carbocycles. The predicted octanol–water partition coefficient (Wildman–Crippen LogP) is 1.41. The van der Waals surface area contributed by atoms with Crippen LogP contribution < -0.4 is 11.2 Å². The SMILES string of the molecule is C#CC(C)n1c(O)c(-c2ccc(C)cc2)c(=O)[nH]c1=O. The predicted molar refractivity (Wildman–Crippen MR) is 76.7 cm³/mol. The van der Waals surface area contributed by atoms with Gasteiger partial charge in [-0.15, -0.1) is 6.42 Å². The van der Waals surface area contributed by atoms with Crippen LogP contribution in [0.1, 0.15) is 18.5 Å². The summed E-state index contributed by atoms with van der Waals surface area (Å²) in [6, 6.07) is 6.37. The van der Waals surface area contributed by atoms with E-state index in [2.05, 4.69) is 10.9 Å². The first-order chi connectivity index (χ1) is 9.45. The maximum Gasteiger partial charge on any atom is 0.332 e. The van der Waals surface area contributed by atoms with E-state index in [1.54, 1.807) is 19.1 Å². The van der Waals surface area contributed by atoms with E-state index >= 15 is 0 Å². The van der Waals surface area contributed by atoms with Crippen molar-refractivity contribution >= 4 is 0 Å². The highest BCUT2D eigenvalue weighted by Gasteiger charge is 2.18. The summed E-state index contributed by atoms with van der Waals surface area (Å²) >= 11 is 0. The molecule has 1 atom stereocenters. The Labute approximate surface area is 115 Å². The lowest BCUT2D eigenvalue weighted by molar-refractivity contribution is 0.398. The zero-order chi connectivity index (χ0) is 14.9. The summed E-state index contributed by atoms with van der Waals surface area (Å²) in [6.07, 6.45) is 5.28. The lowest BCUT2D eigenvalue weighted by atomic mass is 10.1. The molecule has 0 bridgehead atoms. The van der Waals surface area contributed by atoms with Crippen LogP contribution in [-0.2, 0) is 0 Å². The molecule has 1 unspecified atom stereocenters. The van der Waals surface area contributed by atoms with Crippen molar-refractivity contribution in [3.8, 4) is 29.4 Å². The van der Waals surface area contributed by atoms with Gasteiger partial charge in [0.15, 0.2) is 0 Å². The van der Waals surface area contributed by atoms with Crippen molar-refractivity contribution in [3.63, 3.8) is 0 Å². The molecule has 5 nitrogen and oxygen atoms in total. The van der Waals surface area contributed by atoms with Gasteiger partial charge in [0.25, 0.3) is 5.56 Å². The first kappa shape index (κ1) is 13.7. The van der Waals surface area contributed by atoms with Gasteiger partial charge in [0, 0.05) is 0 Å². The summed E-state index contributed by atoms with van der Waals surface area (Å²) in [6.45, 7) is 3.49. The molecule has 5 heteroatoms. The molecule has 2 rings (SSSR count). The molecule has 0 spiro atoms. The molecule has 0 saturated carbocycles. The number of nitrogens with zero attached hydrogens (tertiary/aromatic N) is 1. The number of rotatable bonds is 2. The van der Waals surface area contributed by atoms with Crippen LogP contribution in [0.15, 0.2) is 33.9 Å². The zero-order valence-electron chi connectivity index (χ0n) is 11.2. The highest BCUT2D eigenvalue weighted by atomic mass is 16.3. The van der Waals surface area contributed by atoms with Crippen molar-refractivity contribution < 1.29 is 5.11 Å². The number of nitrogens with one attached hydrogen (secondary N) is 1. The van der Waals surface area contributed by atoms with Gasteiger partial charge in [-0.3, -0.25) is 9.78 Å². The van der Waals surface area contributed by atoms with Crippen molar-refractivity contribution in [3.05, 3.63) is 50.7 Å². The second-order valence-corrected chi connectivity index (χ2v) is 4.54. The highest BCUT2D eigenvalue weighted by Crippen LogP contribution is 2.25. The minimum Gasteiger partial charge on any atom is -0.494 e. The Kier molecular flexibility index (Phi) is 3.49. The second-order valence-electron chi connectivity index (χ2n) is 4.54. The molecular weight excluding hydrogens is 256 g/mol. The Balaban J connectivity index is 2.78. The third kappa shape index (κ3) is 2.24. The Hall–Kier alpha value is -2.74. The molecule has 2 aromatic rings. The molecule has 1 heterocycles. The zero-order valence-corrected chi connectivity index (χ0v) is 11.2. The summed E-state index contributed by atoms with van der Waals surface area (Å²) in [5, 5.41) is 10.2. The molecule has 0 saturated heterocycles. The molecule has 2 N–H and O–H groups in total. The van der Waals surface area contributed by atoms with E-state index < -0.39 is 23.2 Å². The Morgan fingerprint density at radius 3 is 2.45 bits per heavy atom. The van der Waals surface area contributed by atoms with Crippen LogP contribution in [0, 0.1) is 19.3 Å². The molecule has 0 amide bonds. The molecule has 0 radical (unpaired) electrons. The van der Waals surface area contributed by atoms with Crippen molar-refractivity contribution in [1.29, 1.82) is 0 Å². The number of aryl methyl sites for hydroxylation is 1. The van der Waals surface area contributed by atoms with Gasteiger partial charge in [0.2, 0.25) is 5.88 Å². The lowest BCUT2D eigenvalue weighted by Crippen LogP contribution is -2.32. The van der Waals surface area contributed by atoms with Gasteiger partial charge in [-0.1, -0.05) is 35.7 Å². The van der Waals surface area contributed by atoms with Gasteiger partial charge in [0.05, 0.1) is 6.04 Å². The molecule has 1 aromatic heterocycles. The van der Waals surface area contributed by atoms with E-state index in [0.717, 1.165) is 10.1 Å². The van der Waals surface area contributed by atoms with Gasteiger partial charge in [-0.2, -0.15) is 0 Å². The third-order valence-electron chi connectivity index (χ3n) is 3.09. The van der Waals surface area contributed by atoms with E-state index in [9.17, 15) is 14.7 Å². The van der Waals surface area contributed by atoms with Crippen LogP contribution in [0.5, 0.6) is 5.88 Å². The number of H-pyrrole nitrogens is 1. The minimum atomic E-state index is -0.728. The summed E-state index contributed by atoms with van der Waals surface area (Å²) in [7, 11) is 0. The van der Waals surface area contributed by atoms with E-state index in [1.165, 1.54) is 0 Å². The maximum absolute atomic E-state index is 11.9. The summed E-state index contributed by atoms with van der Waals surface area (Å²) in [4.78, 5) is 25.9. The van der Waals surface area contributed by atoms with E-state index in [1.807, 2.05) is 19.1 Å². The minimum absolute atomic E-state index is 0.0340. The average molecular weight is 270 g/mol. The Morgan fingerprint density at radius 2 is 1.90 bits per heavy atom. The lowest BCUT2D eigenvalue weighted by Gasteiger charge is -2.13. The number of terminal acetylenes is 1. The normalized spacial score (nSPS) is 11.8. The number of hydrogen-bond acceptors (Lipinski definition) is 3. The monoisotopic (exact) mass is 270 g/mol. The third-order valence-corrected chi connectivity index (χ3v) is 3.09. The van der Waals surface area contributed by atoms with Gasteiger partial charge < -0.3 is 5.11 Å². The Morgan fingerprint density at radius 1 is 1.30 bits per heavy atom. The van der Waals surface area contributed by atoms with Crippen LogP contribution in [0.4, 0.5) is 0 Å². The van der Waals surface area contributed by atoms with Crippen molar-refractivity contribution in [2.75, 3.05) is 0 Å². The molecule has 102 valence electrons. The fraction of sp³-hybridized carbons (Fsp3) is 0.200. The van der Waals surface area contributed by atoms with E-state index in [0.29, 0.717) is 5.56 Å². The summed E-state index contributed by atoms with van der Waals surface area (Å²) in [5.74, 6) is 1.93. The van der Waals surface area contributed by atoms with Crippen molar-refractivity contribution in [1.82, 2.24) is 9.55 Å². The van der Waals surface area contributed by atoms with E-state index in [-0.39, 0.29) is 5.56 Å². The second kappa shape index (κ2) is 5.10. The molecule has 0 aliphatic heterocycles.